The Kier molecular flexibility index (Phi) is 7.71. The van der Waals surface area contributed by atoms with E-state index in [-0.39, 0.29) is 16.5 Å². The summed E-state index contributed by atoms with van der Waals surface area (Å²) in [6, 6.07) is 20.6. The van der Waals surface area contributed by atoms with Gasteiger partial charge in [0.05, 0.1) is 11.6 Å². The third kappa shape index (κ3) is 5.27. The minimum absolute atomic E-state index is 0.0238. The van der Waals surface area contributed by atoms with Gasteiger partial charge in [-0.25, -0.2) is 0 Å². The second-order valence-corrected chi connectivity index (χ2v) is 12.7. The van der Waals surface area contributed by atoms with E-state index < -0.39 is 23.5 Å². The van der Waals surface area contributed by atoms with Crippen molar-refractivity contribution in [2.24, 2.45) is 0 Å². The summed E-state index contributed by atoms with van der Waals surface area (Å²) in [5, 5.41) is 21.7. The number of fused-ring (bicyclic) bond motifs is 1. The number of nitrogens with zero attached hydrogens (tertiary/aromatic N) is 4. The number of furan rings is 1. The highest BCUT2D eigenvalue weighted by Crippen LogP contribution is 2.44. The number of rotatable bonds is 8. The number of aromatic nitrogens is 2. The summed E-state index contributed by atoms with van der Waals surface area (Å²) in [6.45, 7) is 0. The zero-order valence-corrected chi connectivity index (χ0v) is 25.4. The lowest BCUT2D eigenvalue weighted by Gasteiger charge is -2.24. The Hall–Kier alpha value is -3.83. The average molecular weight is 638 g/mol. The van der Waals surface area contributed by atoms with Crippen LogP contribution in [0.4, 0.5) is 10.8 Å². The highest BCUT2D eigenvalue weighted by Gasteiger charge is 2.46. The predicted octanol–water partition coefficient (Wildman–Crippen LogP) is 7.73. The number of carbonyl (C=O) groups excluding carboxylic acids is 2. The topological polar surface area (TPSA) is 99.8 Å². The van der Waals surface area contributed by atoms with Gasteiger partial charge in [0.2, 0.25) is 10.9 Å². The number of Topliss-reactive ketones (excluding diaryl/α,β-unsaturated/α-hetero) is 1. The van der Waals surface area contributed by atoms with Crippen LogP contribution in [0.2, 0.25) is 10.0 Å². The molecule has 1 atom stereocenters. The number of benzene rings is 3. The van der Waals surface area contributed by atoms with Gasteiger partial charge in [0.15, 0.2) is 15.9 Å². The highest BCUT2D eigenvalue weighted by atomic mass is 35.5. The van der Waals surface area contributed by atoms with Crippen molar-refractivity contribution in [3.05, 3.63) is 111 Å². The Morgan fingerprint density at radius 3 is 2.55 bits per heavy atom. The van der Waals surface area contributed by atoms with Crippen molar-refractivity contribution in [1.82, 2.24) is 10.2 Å². The van der Waals surface area contributed by atoms with Crippen molar-refractivity contribution in [3.8, 4) is 0 Å². The summed E-state index contributed by atoms with van der Waals surface area (Å²) >= 11 is 14.9. The molecule has 212 valence electrons. The lowest BCUT2D eigenvalue weighted by Crippen LogP contribution is -2.31. The van der Waals surface area contributed by atoms with Crippen LogP contribution in [0.15, 0.2) is 92.9 Å². The standard InChI is InChI=1S/C30H22Cl2N4O4S2/c1-35(2)20-11-8-16(9-12-20)25-24(26(37)23-13-17-5-3-4-6-22(17)40-23)27(38)28(39)36(25)29-33-34-30(42-29)41-15-18-7-10-19(31)14-21(18)32/h3-14,25,38H,15H2,1-2H3. The van der Waals surface area contributed by atoms with Gasteiger partial charge in [-0.05, 0) is 47.5 Å². The Labute approximate surface area is 259 Å². The summed E-state index contributed by atoms with van der Waals surface area (Å²) in [4.78, 5) is 30.7. The normalized spacial score (nSPS) is 15.2. The van der Waals surface area contributed by atoms with Crippen LogP contribution in [0.5, 0.6) is 0 Å². The van der Waals surface area contributed by atoms with E-state index in [0.717, 1.165) is 16.6 Å². The maximum atomic E-state index is 13.9. The van der Waals surface area contributed by atoms with Gasteiger partial charge in [0.1, 0.15) is 5.58 Å². The number of hydrogen-bond donors (Lipinski definition) is 1. The molecule has 6 rings (SSSR count). The zero-order valence-electron chi connectivity index (χ0n) is 22.2. The van der Waals surface area contributed by atoms with Crippen molar-refractivity contribution in [2.75, 3.05) is 23.9 Å². The van der Waals surface area contributed by atoms with Gasteiger partial charge in [0.25, 0.3) is 5.91 Å². The average Bonchev–Trinajstić information content (AvgIpc) is 3.69. The lowest BCUT2D eigenvalue weighted by atomic mass is 9.95. The summed E-state index contributed by atoms with van der Waals surface area (Å²) in [7, 11) is 3.83. The van der Waals surface area contributed by atoms with Gasteiger partial charge in [0, 0.05) is 41.0 Å². The predicted molar refractivity (Wildman–Crippen MR) is 167 cm³/mol. The highest BCUT2D eigenvalue weighted by molar-refractivity contribution is 8.00. The van der Waals surface area contributed by atoms with Gasteiger partial charge in [-0.1, -0.05) is 82.7 Å². The van der Waals surface area contributed by atoms with Crippen molar-refractivity contribution in [1.29, 1.82) is 0 Å². The van der Waals surface area contributed by atoms with Crippen LogP contribution < -0.4 is 9.80 Å². The smallest absolute Gasteiger partial charge is 0.296 e. The van der Waals surface area contributed by atoms with E-state index in [4.69, 9.17) is 27.6 Å². The molecule has 0 aliphatic carbocycles. The molecule has 1 aliphatic heterocycles. The van der Waals surface area contributed by atoms with E-state index in [1.807, 2.05) is 61.5 Å². The third-order valence-electron chi connectivity index (χ3n) is 6.80. The molecule has 3 heterocycles. The SMILES string of the molecule is CN(C)c1ccc(C2C(C(=O)c3cc4ccccc4o3)=C(O)C(=O)N2c2nnc(SCc3ccc(Cl)cc3Cl)s2)cc1. The summed E-state index contributed by atoms with van der Waals surface area (Å²) in [5.74, 6) is -1.45. The molecule has 0 spiro atoms. The number of hydrogen-bond acceptors (Lipinski definition) is 9. The third-order valence-corrected chi connectivity index (χ3v) is 9.49. The van der Waals surface area contributed by atoms with Crippen molar-refractivity contribution in [3.63, 3.8) is 0 Å². The fourth-order valence-corrected chi connectivity index (χ4v) is 7.09. The molecule has 0 saturated heterocycles. The van der Waals surface area contributed by atoms with Gasteiger partial charge >= 0.3 is 0 Å². The van der Waals surface area contributed by atoms with Crippen LogP contribution >= 0.6 is 46.3 Å². The number of halogens is 2. The van der Waals surface area contributed by atoms with Crippen molar-refractivity contribution >= 4 is 79.8 Å². The molecule has 0 fully saturated rings. The van der Waals surface area contributed by atoms with Gasteiger partial charge in [-0.2, -0.15) is 0 Å². The number of para-hydroxylation sites is 1. The first-order valence-electron chi connectivity index (χ1n) is 12.7. The summed E-state index contributed by atoms with van der Waals surface area (Å²) in [5.41, 5.74) is 2.87. The van der Waals surface area contributed by atoms with Crippen LogP contribution in [-0.4, -0.2) is 41.1 Å². The molecule has 5 aromatic rings. The molecular formula is C30H22Cl2N4O4S2. The van der Waals surface area contributed by atoms with Crippen LogP contribution in [0.1, 0.15) is 27.7 Å². The van der Waals surface area contributed by atoms with Crippen LogP contribution in [0.25, 0.3) is 11.0 Å². The Balaban J connectivity index is 1.36. The number of aliphatic hydroxyl groups is 1. The van der Waals surface area contributed by atoms with Crippen LogP contribution in [0, 0.1) is 0 Å². The van der Waals surface area contributed by atoms with E-state index in [9.17, 15) is 14.7 Å². The summed E-state index contributed by atoms with van der Waals surface area (Å²) < 4.78 is 6.40. The number of carbonyl (C=O) groups is 2. The number of ketones is 1. The number of anilines is 2. The van der Waals surface area contributed by atoms with E-state index in [1.165, 1.54) is 28.0 Å². The molecule has 1 N–H and O–H groups in total. The maximum Gasteiger partial charge on any atom is 0.296 e. The molecule has 12 heteroatoms. The molecule has 0 radical (unpaired) electrons. The monoisotopic (exact) mass is 636 g/mol. The molecular weight excluding hydrogens is 615 g/mol. The number of thioether (sulfide) groups is 1. The second kappa shape index (κ2) is 11.4. The Bertz CT molecular complexity index is 1830. The van der Waals surface area contributed by atoms with Crippen molar-refractivity contribution in [2.45, 2.75) is 16.1 Å². The molecule has 42 heavy (non-hydrogen) atoms. The molecule has 1 unspecified atom stereocenters. The quantitative estimate of drug-likeness (QED) is 0.105. The van der Waals surface area contributed by atoms with Gasteiger partial charge in [-0.3, -0.25) is 14.5 Å². The zero-order chi connectivity index (χ0) is 29.5. The molecule has 3 aromatic carbocycles. The largest absolute Gasteiger partial charge is 0.503 e. The maximum absolute atomic E-state index is 13.9. The van der Waals surface area contributed by atoms with E-state index in [1.54, 1.807) is 30.3 Å². The fraction of sp³-hybridized carbons (Fsp3) is 0.133. The molecule has 1 aliphatic rings. The summed E-state index contributed by atoms with van der Waals surface area (Å²) in [6.07, 6.45) is 0. The van der Waals surface area contributed by atoms with E-state index >= 15 is 0 Å². The lowest BCUT2D eigenvalue weighted by molar-refractivity contribution is -0.117. The van der Waals surface area contributed by atoms with Crippen LogP contribution in [-0.2, 0) is 10.5 Å². The number of aliphatic hydroxyl groups excluding tert-OH is 1. The molecule has 0 saturated carbocycles. The first kappa shape index (κ1) is 28.3. The fourth-order valence-electron chi connectivity index (χ4n) is 4.67. The Morgan fingerprint density at radius 1 is 1.07 bits per heavy atom. The van der Waals surface area contributed by atoms with Crippen molar-refractivity contribution < 1.29 is 19.1 Å². The minimum atomic E-state index is -0.953. The van der Waals surface area contributed by atoms with Gasteiger partial charge < -0.3 is 14.4 Å². The van der Waals surface area contributed by atoms with Crippen LogP contribution in [0.3, 0.4) is 0 Å². The first-order chi connectivity index (χ1) is 20.2. The Morgan fingerprint density at radius 2 is 1.83 bits per heavy atom. The van der Waals surface area contributed by atoms with E-state index in [2.05, 4.69) is 10.2 Å². The molecule has 0 bridgehead atoms. The first-order valence-corrected chi connectivity index (χ1v) is 15.2. The number of amides is 1. The second-order valence-electron chi connectivity index (χ2n) is 9.68. The van der Waals surface area contributed by atoms with Gasteiger partial charge in [-0.15, -0.1) is 10.2 Å². The molecule has 2 aromatic heterocycles. The molecule has 1 amide bonds. The minimum Gasteiger partial charge on any atom is -0.503 e. The molecule has 8 nitrogen and oxygen atoms in total. The van der Waals surface area contributed by atoms with E-state index in [0.29, 0.717) is 31.3 Å².